The second-order valence-electron chi connectivity index (χ2n) is 4.81. The van der Waals surface area contributed by atoms with E-state index in [0.717, 1.165) is 0 Å². The number of halogens is 1. The largest absolute Gasteiger partial charge is 0.506 e. The van der Waals surface area contributed by atoms with E-state index in [1.165, 1.54) is 26.2 Å². The molecule has 0 saturated carbocycles. The Labute approximate surface area is 132 Å². The van der Waals surface area contributed by atoms with Gasteiger partial charge in [0, 0.05) is 11.1 Å². The third kappa shape index (κ3) is 3.66. The van der Waals surface area contributed by atoms with Gasteiger partial charge >= 0.3 is 6.16 Å². The van der Waals surface area contributed by atoms with Crippen LogP contribution in [-0.2, 0) is 11.3 Å². The van der Waals surface area contributed by atoms with Crippen LogP contribution >= 0.6 is 0 Å². The number of ether oxygens (including phenoxy) is 2. The van der Waals surface area contributed by atoms with E-state index >= 15 is 0 Å². The monoisotopic (exact) mass is 318 g/mol. The van der Waals surface area contributed by atoms with Crippen LogP contribution in [0, 0.1) is 5.82 Å². The molecule has 5 nitrogen and oxygen atoms in total. The van der Waals surface area contributed by atoms with Gasteiger partial charge in [-0.05, 0) is 30.7 Å². The van der Waals surface area contributed by atoms with Gasteiger partial charge in [0.05, 0.1) is 12.7 Å². The molecule has 0 bridgehead atoms. The molecule has 2 aromatic carbocycles. The average molecular weight is 318 g/mol. The zero-order chi connectivity index (χ0) is 17.0. The first kappa shape index (κ1) is 16.5. The fourth-order valence-electron chi connectivity index (χ4n) is 2.19. The first-order valence-electron chi connectivity index (χ1n) is 6.76. The second kappa shape index (κ2) is 6.91. The van der Waals surface area contributed by atoms with E-state index in [9.17, 15) is 14.0 Å². The molecule has 2 aromatic rings. The molecule has 0 saturated heterocycles. The minimum Gasteiger partial charge on any atom is -0.496 e. The minimum absolute atomic E-state index is 0.0800. The highest BCUT2D eigenvalue weighted by atomic mass is 19.1. The summed E-state index contributed by atoms with van der Waals surface area (Å²) in [6, 6.07) is 9.41. The maximum absolute atomic E-state index is 14.8. The first-order chi connectivity index (χ1) is 10.9. The molecule has 0 spiro atoms. The molecule has 0 aliphatic rings. The molecule has 0 atom stereocenters. The van der Waals surface area contributed by atoms with Crippen molar-refractivity contribution in [2.45, 2.75) is 13.5 Å². The summed E-state index contributed by atoms with van der Waals surface area (Å²) in [6.07, 6.45) is -1.49. The van der Waals surface area contributed by atoms with Crippen molar-refractivity contribution in [1.29, 1.82) is 0 Å². The zero-order valence-electron chi connectivity index (χ0n) is 12.6. The van der Waals surface area contributed by atoms with Crippen LogP contribution in [0.25, 0.3) is 11.1 Å². The Hall–Kier alpha value is -2.89. The maximum atomic E-state index is 14.8. The molecule has 1 N–H and O–H groups in total. The molecule has 0 aromatic heterocycles. The van der Waals surface area contributed by atoms with Crippen molar-refractivity contribution in [3.8, 4) is 16.9 Å². The highest BCUT2D eigenvalue weighted by Gasteiger charge is 2.17. The molecular formula is C17H15FO5. The zero-order valence-corrected chi connectivity index (χ0v) is 12.6. The van der Waals surface area contributed by atoms with Crippen molar-refractivity contribution in [1.82, 2.24) is 0 Å². The topological polar surface area (TPSA) is 72.8 Å². The van der Waals surface area contributed by atoms with Gasteiger partial charge in [0.1, 0.15) is 18.2 Å². The van der Waals surface area contributed by atoms with Crippen LogP contribution in [0.5, 0.6) is 5.75 Å². The predicted molar refractivity (Wildman–Crippen MR) is 81.2 cm³/mol. The molecule has 6 heteroatoms. The molecule has 0 radical (unpaired) electrons. The van der Waals surface area contributed by atoms with Gasteiger partial charge in [-0.15, -0.1) is 0 Å². The number of rotatable bonds is 5. The Morgan fingerprint density at radius 3 is 2.57 bits per heavy atom. The van der Waals surface area contributed by atoms with E-state index in [-0.39, 0.29) is 22.7 Å². The summed E-state index contributed by atoms with van der Waals surface area (Å²) in [4.78, 5) is 22.0. The number of carboxylic acid groups (broad SMARTS) is 1. The Morgan fingerprint density at radius 1 is 1.22 bits per heavy atom. The van der Waals surface area contributed by atoms with E-state index in [1.807, 2.05) is 0 Å². The van der Waals surface area contributed by atoms with Crippen LogP contribution in [-0.4, -0.2) is 24.2 Å². The van der Waals surface area contributed by atoms with Crippen LogP contribution in [0.4, 0.5) is 9.18 Å². The summed E-state index contributed by atoms with van der Waals surface area (Å²) in [5.74, 6) is -0.509. The van der Waals surface area contributed by atoms with Crippen molar-refractivity contribution >= 4 is 11.9 Å². The lowest BCUT2D eigenvalue weighted by Gasteiger charge is -2.13. The number of carbonyl (C=O) groups is 2. The van der Waals surface area contributed by atoms with Gasteiger partial charge in [0.2, 0.25) is 0 Å². The maximum Gasteiger partial charge on any atom is 0.506 e. The molecule has 0 amide bonds. The van der Waals surface area contributed by atoms with Crippen molar-refractivity contribution in [3.63, 3.8) is 0 Å². The molecule has 0 aliphatic carbocycles. The number of hydrogen-bond acceptors (Lipinski definition) is 4. The highest BCUT2D eigenvalue weighted by molar-refractivity contribution is 5.95. The number of hydrogen-bond donors (Lipinski definition) is 1. The van der Waals surface area contributed by atoms with Crippen LogP contribution in [0.2, 0.25) is 0 Å². The normalized spacial score (nSPS) is 10.2. The smallest absolute Gasteiger partial charge is 0.496 e. The van der Waals surface area contributed by atoms with Gasteiger partial charge in [-0.1, -0.05) is 18.2 Å². The van der Waals surface area contributed by atoms with E-state index in [1.54, 1.807) is 24.3 Å². The lowest BCUT2D eigenvalue weighted by atomic mass is 9.98. The average Bonchev–Trinajstić information content (AvgIpc) is 2.53. The SMILES string of the molecule is COc1ccc(COC(=O)O)c(F)c1-c1cccc(C(C)=O)c1. The molecule has 0 unspecified atom stereocenters. The Bertz CT molecular complexity index is 755. The third-order valence-electron chi connectivity index (χ3n) is 3.31. The molecule has 0 heterocycles. The standard InChI is InChI=1S/C17H15FO5/c1-10(19)11-4-3-5-12(8-11)15-14(22-2)7-6-13(16(15)18)9-23-17(20)21/h3-8H,9H2,1-2H3,(H,20,21). The Morgan fingerprint density at radius 2 is 1.96 bits per heavy atom. The van der Waals surface area contributed by atoms with Crippen LogP contribution in [0.15, 0.2) is 36.4 Å². The summed E-state index contributed by atoms with van der Waals surface area (Å²) in [7, 11) is 1.40. The Balaban J connectivity index is 2.55. The lowest BCUT2D eigenvalue weighted by Crippen LogP contribution is -2.04. The quantitative estimate of drug-likeness (QED) is 0.668. The second-order valence-corrected chi connectivity index (χ2v) is 4.81. The highest BCUT2D eigenvalue weighted by Crippen LogP contribution is 2.35. The van der Waals surface area contributed by atoms with Crippen molar-refractivity contribution < 1.29 is 28.6 Å². The lowest BCUT2D eigenvalue weighted by molar-refractivity contribution is 0.0844. The van der Waals surface area contributed by atoms with Gasteiger partial charge in [0.25, 0.3) is 0 Å². The molecule has 120 valence electrons. The fourth-order valence-corrected chi connectivity index (χ4v) is 2.19. The van der Waals surface area contributed by atoms with Crippen LogP contribution in [0.1, 0.15) is 22.8 Å². The number of ketones is 1. The van der Waals surface area contributed by atoms with Gasteiger partial charge in [-0.3, -0.25) is 4.79 Å². The fraction of sp³-hybridized carbons (Fsp3) is 0.176. The van der Waals surface area contributed by atoms with Crippen molar-refractivity contribution in [2.24, 2.45) is 0 Å². The third-order valence-corrected chi connectivity index (χ3v) is 3.31. The van der Waals surface area contributed by atoms with Gasteiger partial charge in [0.15, 0.2) is 5.78 Å². The predicted octanol–water partition coefficient (Wildman–Crippen LogP) is 3.90. The number of benzene rings is 2. The Kier molecular flexibility index (Phi) is 4.95. The van der Waals surface area contributed by atoms with Crippen molar-refractivity contribution in [3.05, 3.63) is 53.3 Å². The van der Waals surface area contributed by atoms with Gasteiger partial charge < -0.3 is 14.6 Å². The molecular weight excluding hydrogens is 303 g/mol. The van der Waals surface area contributed by atoms with Crippen molar-refractivity contribution in [2.75, 3.05) is 7.11 Å². The molecule has 23 heavy (non-hydrogen) atoms. The van der Waals surface area contributed by atoms with E-state index in [4.69, 9.17) is 9.84 Å². The number of methoxy groups -OCH3 is 1. The van der Waals surface area contributed by atoms with Gasteiger partial charge in [-0.25, -0.2) is 9.18 Å². The molecule has 0 aliphatic heterocycles. The number of carbonyl (C=O) groups excluding carboxylic acids is 1. The molecule has 0 fully saturated rings. The summed E-state index contributed by atoms with van der Waals surface area (Å²) >= 11 is 0. The van der Waals surface area contributed by atoms with Crippen LogP contribution < -0.4 is 4.74 Å². The van der Waals surface area contributed by atoms with Crippen LogP contribution in [0.3, 0.4) is 0 Å². The first-order valence-corrected chi connectivity index (χ1v) is 6.76. The summed E-state index contributed by atoms with van der Waals surface area (Å²) < 4.78 is 24.3. The molecule has 2 rings (SSSR count). The minimum atomic E-state index is -1.49. The summed E-state index contributed by atoms with van der Waals surface area (Å²) in [5, 5.41) is 8.54. The van der Waals surface area contributed by atoms with E-state index in [2.05, 4.69) is 4.74 Å². The summed E-state index contributed by atoms with van der Waals surface area (Å²) in [6.45, 7) is 1.01. The van der Waals surface area contributed by atoms with E-state index < -0.39 is 18.6 Å². The van der Waals surface area contributed by atoms with E-state index in [0.29, 0.717) is 11.1 Å². The summed E-state index contributed by atoms with van der Waals surface area (Å²) in [5.41, 5.74) is 1.14. The number of Topliss-reactive ketones (excluding diaryl/α,β-unsaturated/α-hetero) is 1. The van der Waals surface area contributed by atoms with Gasteiger partial charge in [-0.2, -0.15) is 0 Å².